The topological polar surface area (TPSA) is 43.4 Å². The van der Waals surface area contributed by atoms with Crippen molar-refractivity contribution >= 4 is 17.6 Å². The van der Waals surface area contributed by atoms with Crippen LogP contribution in [0.3, 0.4) is 0 Å². The Bertz CT molecular complexity index is 604. The molecule has 0 saturated heterocycles. The molecule has 2 heterocycles. The number of hydrogen-bond donors (Lipinski definition) is 1. The molecule has 0 unspecified atom stereocenters. The van der Waals surface area contributed by atoms with E-state index in [2.05, 4.69) is 22.4 Å². The van der Waals surface area contributed by atoms with Gasteiger partial charge in [0.25, 0.3) is 0 Å². The second kappa shape index (κ2) is 6.05. The Morgan fingerprint density at radius 1 is 1.15 bits per heavy atom. The zero-order chi connectivity index (χ0) is 13.8. The van der Waals surface area contributed by atoms with Crippen molar-refractivity contribution in [1.82, 2.24) is 4.98 Å². The Morgan fingerprint density at radius 3 is 2.85 bits per heavy atom. The van der Waals surface area contributed by atoms with Gasteiger partial charge in [0.05, 0.1) is 0 Å². The van der Waals surface area contributed by atoms with Crippen LogP contribution in [-0.4, -0.2) is 25.2 Å². The molecule has 5 heteroatoms. The van der Waals surface area contributed by atoms with Crippen molar-refractivity contribution in [2.24, 2.45) is 0 Å². The van der Waals surface area contributed by atoms with Crippen LogP contribution >= 0.6 is 11.8 Å². The molecule has 0 atom stereocenters. The first kappa shape index (κ1) is 13.1. The van der Waals surface area contributed by atoms with E-state index in [0.29, 0.717) is 13.2 Å². The molecule has 0 aliphatic carbocycles. The van der Waals surface area contributed by atoms with Crippen LogP contribution in [-0.2, 0) is 5.75 Å². The summed E-state index contributed by atoms with van der Waals surface area (Å²) in [6.45, 7) is 1.25. The second-order valence-corrected chi connectivity index (χ2v) is 5.44. The maximum Gasteiger partial charge on any atom is 0.162 e. The van der Waals surface area contributed by atoms with Crippen LogP contribution in [0.15, 0.2) is 41.4 Å². The van der Waals surface area contributed by atoms with Crippen molar-refractivity contribution < 1.29 is 9.47 Å². The number of benzene rings is 1. The normalized spacial score (nSPS) is 13.1. The summed E-state index contributed by atoms with van der Waals surface area (Å²) in [6, 6.07) is 10.2. The standard InChI is InChI=1S/C15H16N2O2S/c1-16-15-8-11(4-5-17-15)10-20-12-2-3-13-14(9-12)19-7-6-18-13/h2-5,8-9H,6-7,10H2,1H3,(H,16,17). The van der Waals surface area contributed by atoms with E-state index >= 15 is 0 Å². The SMILES string of the molecule is CNc1cc(CSc2ccc3c(c2)OCCO3)ccn1. The van der Waals surface area contributed by atoms with E-state index in [1.54, 1.807) is 11.8 Å². The molecular weight excluding hydrogens is 272 g/mol. The van der Waals surface area contributed by atoms with Crippen LogP contribution in [0.4, 0.5) is 5.82 Å². The number of fused-ring (bicyclic) bond motifs is 1. The van der Waals surface area contributed by atoms with Gasteiger partial charge < -0.3 is 14.8 Å². The number of nitrogens with one attached hydrogen (secondary N) is 1. The highest BCUT2D eigenvalue weighted by Crippen LogP contribution is 2.35. The zero-order valence-electron chi connectivity index (χ0n) is 11.3. The summed E-state index contributed by atoms with van der Waals surface area (Å²) < 4.78 is 11.1. The summed E-state index contributed by atoms with van der Waals surface area (Å²) in [6.07, 6.45) is 1.82. The van der Waals surface area contributed by atoms with Crippen LogP contribution in [0, 0.1) is 0 Å². The third kappa shape index (κ3) is 2.99. The van der Waals surface area contributed by atoms with Gasteiger partial charge in [-0.05, 0) is 35.9 Å². The number of nitrogens with zero attached hydrogens (tertiary/aromatic N) is 1. The van der Waals surface area contributed by atoms with Gasteiger partial charge in [-0.1, -0.05) is 0 Å². The highest BCUT2D eigenvalue weighted by molar-refractivity contribution is 7.98. The van der Waals surface area contributed by atoms with Gasteiger partial charge in [-0.25, -0.2) is 4.98 Å². The van der Waals surface area contributed by atoms with Crippen molar-refractivity contribution in [3.05, 3.63) is 42.1 Å². The van der Waals surface area contributed by atoms with E-state index in [1.807, 2.05) is 31.4 Å². The molecule has 0 bridgehead atoms. The molecule has 20 heavy (non-hydrogen) atoms. The Morgan fingerprint density at radius 2 is 2.00 bits per heavy atom. The zero-order valence-corrected chi connectivity index (χ0v) is 12.1. The predicted molar refractivity (Wildman–Crippen MR) is 80.8 cm³/mol. The third-order valence-corrected chi connectivity index (χ3v) is 4.06. The van der Waals surface area contributed by atoms with Crippen LogP contribution in [0.25, 0.3) is 0 Å². The van der Waals surface area contributed by atoms with Crippen molar-refractivity contribution in [3.8, 4) is 11.5 Å². The molecule has 1 aliphatic heterocycles. The molecule has 0 amide bonds. The highest BCUT2D eigenvalue weighted by atomic mass is 32.2. The first-order chi connectivity index (χ1) is 9.85. The largest absolute Gasteiger partial charge is 0.486 e. The van der Waals surface area contributed by atoms with E-state index < -0.39 is 0 Å². The number of pyridine rings is 1. The van der Waals surface area contributed by atoms with Gasteiger partial charge in [-0.15, -0.1) is 11.8 Å². The number of thioether (sulfide) groups is 1. The van der Waals surface area contributed by atoms with Crippen molar-refractivity contribution in [2.75, 3.05) is 25.6 Å². The average Bonchev–Trinajstić information content (AvgIpc) is 2.53. The molecule has 0 saturated carbocycles. The van der Waals surface area contributed by atoms with Crippen molar-refractivity contribution in [3.63, 3.8) is 0 Å². The monoisotopic (exact) mass is 288 g/mol. The lowest BCUT2D eigenvalue weighted by Crippen LogP contribution is -2.15. The molecule has 104 valence electrons. The third-order valence-electron chi connectivity index (χ3n) is 3.00. The summed E-state index contributed by atoms with van der Waals surface area (Å²) in [5.74, 6) is 3.47. The fraction of sp³-hybridized carbons (Fsp3) is 0.267. The number of aromatic nitrogens is 1. The van der Waals surface area contributed by atoms with Gasteiger partial charge in [0, 0.05) is 23.9 Å². The fourth-order valence-corrected chi connectivity index (χ4v) is 2.85. The molecule has 1 aromatic carbocycles. The fourth-order valence-electron chi connectivity index (χ4n) is 1.98. The first-order valence-electron chi connectivity index (χ1n) is 6.50. The van der Waals surface area contributed by atoms with Crippen LogP contribution in [0.2, 0.25) is 0 Å². The molecule has 4 nitrogen and oxygen atoms in total. The second-order valence-electron chi connectivity index (χ2n) is 4.39. The lowest BCUT2D eigenvalue weighted by atomic mass is 10.3. The van der Waals surface area contributed by atoms with Crippen molar-refractivity contribution in [2.45, 2.75) is 10.6 Å². The van der Waals surface area contributed by atoms with Gasteiger partial charge >= 0.3 is 0 Å². The Hall–Kier alpha value is -1.88. The number of rotatable bonds is 4. The number of anilines is 1. The van der Waals surface area contributed by atoms with Gasteiger partial charge in [0.15, 0.2) is 11.5 Å². The lowest BCUT2D eigenvalue weighted by Gasteiger charge is -2.18. The van der Waals surface area contributed by atoms with Gasteiger partial charge in [-0.2, -0.15) is 0 Å². The lowest BCUT2D eigenvalue weighted by molar-refractivity contribution is 0.171. The summed E-state index contributed by atoms with van der Waals surface area (Å²) in [5, 5.41) is 3.05. The van der Waals surface area contributed by atoms with Crippen LogP contribution < -0.4 is 14.8 Å². The molecule has 0 fully saturated rings. The highest BCUT2D eigenvalue weighted by Gasteiger charge is 2.11. The molecule has 1 aliphatic rings. The van der Waals surface area contributed by atoms with E-state index in [-0.39, 0.29) is 0 Å². The molecular formula is C15H16N2O2S. The van der Waals surface area contributed by atoms with Crippen LogP contribution in [0.1, 0.15) is 5.56 Å². The minimum Gasteiger partial charge on any atom is -0.486 e. The summed E-state index contributed by atoms with van der Waals surface area (Å²) >= 11 is 1.77. The summed E-state index contributed by atoms with van der Waals surface area (Å²) in [5.41, 5.74) is 1.24. The van der Waals surface area contributed by atoms with Crippen molar-refractivity contribution in [1.29, 1.82) is 0 Å². The first-order valence-corrected chi connectivity index (χ1v) is 7.49. The van der Waals surface area contributed by atoms with E-state index in [0.717, 1.165) is 23.1 Å². The molecule has 2 aromatic rings. The summed E-state index contributed by atoms with van der Waals surface area (Å²) in [4.78, 5) is 5.39. The minimum atomic E-state index is 0.622. The van der Waals surface area contributed by atoms with Gasteiger partial charge in [0.1, 0.15) is 19.0 Å². The van der Waals surface area contributed by atoms with E-state index in [1.165, 1.54) is 10.5 Å². The quantitative estimate of drug-likeness (QED) is 0.875. The summed E-state index contributed by atoms with van der Waals surface area (Å²) in [7, 11) is 1.88. The number of hydrogen-bond acceptors (Lipinski definition) is 5. The maximum atomic E-state index is 5.59. The predicted octanol–water partition coefficient (Wildman–Crippen LogP) is 3.19. The molecule has 0 spiro atoms. The van der Waals surface area contributed by atoms with E-state index in [4.69, 9.17) is 9.47 Å². The molecule has 0 radical (unpaired) electrons. The average molecular weight is 288 g/mol. The smallest absolute Gasteiger partial charge is 0.162 e. The Balaban J connectivity index is 1.68. The number of ether oxygens (including phenoxy) is 2. The van der Waals surface area contributed by atoms with Crippen LogP contribution in [0.5, 0.6) is 11.5 Å². The molecule has 1 N–H and O–H groups in total. The molecule has 1 aromatic heterocycles. The Labute approximate surface area is 122 Å². The minimum absolute atomic E-state index is 0.622. The van der Waals surface area contributed by atoms with E-state index in [9.17, 15) is 0 Å². The maximum absolute atomic E-state index is 5.59. The van der Waals surface area contributed by atoms with Gasteiger partial charge in [0.2, 0.25) is 0 Å². The molecule has 3 rings (SSSR count). The van der Waals surface area contributed by atoms with Gasteiger partial charge in [-0.3, -0.25) is 0 Å². The Kier molecular flexibility index (Phi) is 3.97.